The first kappa shape index (κ1) is 9.83. The SMILES string of the molecule is [2H]c1c([2H])c([2H])c(-c2c([2H])c([2H])c(C)c([2H])c2-n2c3c([2H])c([2H])c([2H])c([2H])c3c3c([2H])c(-n4c5c([2H])c([2H])c([2H])c([2H])c5c5c([2H])c([2H])c([2H])c([2H])c54)c([2H])c([2H])c32)c(C)c1[2H]. The summed E-state index contributed by atoms with van der Waals surface area (Å²) < 4.78 is 198. The Morgan fingerprint density at radius 2 is 1.00 bits per heavy atom. The lowest BCUT2D eigenvalue weighted by molar-refractivity contribution is 1.16. The predicted molar refractivity (Wildman–Crippen MR) is 170 cm³/mol. The molecule has 0 unspecified atom stereocenters. The Morgan fingerprint density at radius 3 is 1.70 bits per heavy atom. The second kappa shape index (κ2) is 8.72. The van der Waals surface area contributed by atoms with Crippen LogP contribution in [0.2, 0.25) is 0 Å². The molecule has 0 bridgehead atoms. The van der Waals surface area contributed by atoms with Gasteiger partial charge < -0.3 is 9.13 Å². The molecule has 0 aliphatic carbocycles. The summed E-state index contributed by atoms with van der Waals surface area (Å²) >= 11 is 0. The van der Waals surface area contributed by atoms with E-state index < -0.39 is 193 Å². The fraction of sp³-hybridized carbons (Fsp3) is 0.0526. The van der Waals surface area contributed by atoms with Crippen molar-refractivity contribution >= 4 is 43.6 Å². The molecular weight excluding hydrogens is 484 g/mol. The zero-order chi connectivity index (χ0) is 45.9. The van der Waals surface area contributed by atoms with Gasteiger partial charge in [-0.2, -0.15) is 0 Å². The molecule has 2 aromatic heterocycles. The zero-order valence-electron chi connectivity index (χ0n) is 42.9. The van der Waals surface area contributed by atoms with Crippen molar-refractivity contribution in [3.05, 3.63) is 144 Å². The minimum absolute atomic E-state index is 0.118. The Bertz CT molecular complexity index is 3350. The first-order valence-electron chi connectivity index (χ1n) is 23.1. The Labute approximate surface area is 264 Å². The van der Waals surface area contributed by atoms with Crippen LogP contribution in [0, 0.1) is 13.8 Å². The number of benzene rings is 6. The number of nitrogens with zero attached hydrogens (tertiary/aromatic N) is 2. The lowest BCUT2D eigenvalue weighted by Crippen LogP contribution is -1.99. The van der Waals surface area contributed by atoms with Crippen molar-refractivity contribution in [2.45, 2.75) is 13.8 Å². The third-order valence-corrected chi connectivity index (χ3v) is 6.67. The van der Waals surface area contributed by atoms with Crippen LogP contribution in [-0.2, 0) is 0 Å². The highest BCUT2D eigenvalue weighted by molar-refractivity contribution is 6.12. The van der Waals surface area contributed by atoms with Crippen molar-refractivity contribution in [1.82, 2.24) is 9.13 Å². The van der Waals surface area contributed by atoms with Gasteiger partial charge in [-0.1, -0.05) is 90.6 Å². The second-order valence-corrected chi connectivity index (χ2v) is 9.01. The molecule has 40 heavy (non-hydrogen) atoms. The maximum atomic E-state index is 9.84. The molecule has 0 aliphatic rings. The lowest BCUT2D eigenvalue weighted by atomic mass is 9.97. The largest absolute Gasteiger partial charge is 0.309 e. The van der Waals surface area contributed by atoms with Crippen molar-refractivity contribution in [2.75, 3.05) is 0 Å². The van der Waals surface area contributed by atoms with Crippen LogP contribution in [0.5, 0.6) is 0 Å². The zero-order valence-corrected chi connectivity index (χ0v) is 20.9. The van der Waals surface area contributed by atoms with Crippen LogP contribution in [0.25, 0.3) is 66.1 Å². The Kier molecular flexibility index (Phi) is 2.14. The van der Waals surface area contributed by atoms with Crippen LogP contribution >= 0.6 is 0 Å². The maximum Gasteiger partial charge on any atom is 0.0652 e. The molecule has 8 rings (SSSR count). The van der Waals surface area contributed by atoms with Crippen molar-refractivity contribution in [2.24, 2.45) is 0 Å². The smallest absolute Gasteiger partial charge is 0.0652 e. The Balaban J connectivity index is 1.72. The van der Waals surface area contributed by atoms with E-state index in [1.54, 1.807) is 0 Å². The summed E-state index contributed by atoms with van der Waals surface area (Å²) in [5, 5.41) is -1.75. The van der Waals surface area contributed by atoms with Gasteiger partial charge in [0.25, 0.3) is 0 Å². The number of hydrogen-bond acceptors (Lipinski definition) is 0. The van der Waals surface area contributed by atoms with Gasteiger partial charge in [0.2, 0.25) is 0 Å². The third-order valence-electron chi connectivity index (χ3n) is 6.67. The number of fused-ring (bicyclic) bond motifs is 6. The van der Waals surface area contributed by atoms with E-state index in [4.69, 9.17) is 21.9 Å². The van der Waals surface area contributed by atoms with Gasteiger partial charge in [-0.05, 0) is 72.8 Å². The molecule has 0 amide bonds. The van der Waals surface area contributed by atoms with E-state index >= 15 is 0 Å². The summed E-state index contributed by atoms with van der Waals surface area (Å²) in [6, 6.07) is -16.2. The molecule has 0 radical (unpaired) electrons. The van der Waals surface area contributed by atoms with Crippen LogP contribution in [0.3, 0.4) is 0 Å². The molecule has 2 heteroatoms. The fourth-order valence-corrected chi connectivity index (χ4v) is 4.94. The molecule has 0 atom stereocenters. The van der Waals surface area contributed by atoms with Crippen molar-refractivity contribution < 1.29 is 30.2 Å². The standard InChI is InChI=1S/C38H28N2/c1-25-19-21-32(28-12-4-3-11-26(28)2)38(23-25)40-36-18-10-7-15-31(36)33-24-27(20-22-37(33)40)39-34-16-8-5-13-29(34)30-14-6-9-17-35(30)39/h3-24H,1-2H3/i3D,4D,5D,6D,7D,8D,9D,10D,11D,12D,13D,14D,15D,16D,17D,18D,19D,20D,21D,22D,23D,24D. The molecular formula is C38H28N2. The minimum Gasteiger partial charge on any atom is -0.309 e. The summed E-state index contributed by atoms with van der Waals surface area (Å²) in [7, 11) is 0. The third kappa shape index (κ3) is 3.29. The van der Waals surface area contributed by atoms with Crippen molar-refractivity contribution in [3.8, 4) is 22.5 Å². The second-order valence-electron chi connectivity index (χ2n) is 9.01. The van der Waals surface area contributed by atoms with Crippen LogP contribution in [0.15, 0.2) is 133 Å². The average molecular weight is 535 g/mol. The summed E-state index contributed by atoms with van der Waals surface area (Å²) in [5.74, 6) is 0. The molecule has 0 spiro atoms. The average Bonchev–Trinajstić information content (AvgIpc) is 3.78. The van der Waals surface area contributed by atoms with E-state index in [-0.39, 0.29) is 16.7 Å². The van der Waals surface area contributed by atoms with E-state index in [1.807, 2.05) is 0 Å². The Morgan fingerprint density at radius 1 is 0.450 bits per heavy atom. The van der Waals surface area contributed by atoms with Crippen LogP contribution in [-0.4, -0.2) is 9.13 Å². The van der Waals surface area contributed by atoms with Crippen molar-refractivity contribution in [1.29, 1.82) is 0 Å². The lowest BCUT2D eigenvalue weighted by Gasteiger charge is -2.16. The normalized spacial score (nSPS) is 19.4. The fourth-order valence-electron chi connectivity index (χ4n) is 4.94. The summed E-state index contributed by atoms with van der Waals surface area (Å²) in [6.07, 6.45) is 0. The molecule has 190 valence electrons. The molecule has 0 saturated carbocycles. The topological polar surface area (TPSA) is 9.86 Å². The molecule has 0 saturated heterocycles. The van der Waals surface area contributed by atoms with Crippen molar-refractivity contribution in [3.63, 3.8) is 0 Å². The van der Waals surface area contributed by atoms with Gasteiger partial charge in [0, 0.05) is 32.8 Å². The Hall–Kier alpha value is -5.08. The number of hydrogen-bond donors (Lipinski definition) is 0. The van der Waals surface area contributed by atoms with E-state index in [9.17, 15) is 8.22 Å². The van der Waals surface area contributed by atoms with E-state index in [1.165, 1.54) is 13.8 Å². The monoisotopic (exact) mass is 534 g/mol. The van der Waals surface area contributed by atoms with Gasteiger partial charge in [-0.15, -0.1) is 0 Å². The highest BCUT2D eigenvalue weighted by Gasteiger charge is 2.18. The molecule has 0 aliphatic heterocycles. The molecule has 2 nitrogen and oxygen atoms in total. The van der Waals surface area contributed by atoms with Gasteiger partial charge in [-0.3, -0.25) is 0 Å². The minimum atomic E-state index is -0.911. The van der Waals surface area contributed by atoms with Gasteiger partial charge in [0.15, 0.2) is 0 Å². The first-order chi connectivity index (χ1) is 28.9. The summed E-state index contributed by atoms with van der Waals surface area (Å²) in [6.45, 7) is 2.63. The maximum absolute atomic E-state index is 9.84. The molecule has 0 fully saturated rings. The van der Waals surface area contributed by atoms with Crippen LogP contribution < -0.4 is 0 Å². The molecule has 0 N–H and O–H groups in total. The van der Waals surface area contributed by atoms with Crippen LogP contribution in [0.4, 0.5) is 0 Å². The first-order valence-corrected chi connectivity index (χ1v) is 12.1. The van der Waals surface area contributed by atoms with E-state index in [0.717, 1.165) is 9.13 Å². The van der Waals surface area contributed by atoms with Gasteiger partial charge in [0.1, 0.15) is 0 Å². The molecule has 2 heterocycles. The quantitative estimate of drug-likeness (QED) is 0.213. The van der Waals surface area contributed by atoms with E-state index in [2.05, 4.69) is 0 Å². The number of aromatic nitrogens is 2. The van der Waals surface area contributed by atoms with Gasteiger partial charge in [-0.25, -0.2) is 0 Å². The van der Waals surface area contributed by atoms with Crippen LogP contribution in [0.1, 0.15) is 41.3 Å². The number of rotatable bonds is 3. The van der Waals surface area contributed by atoms with Gasteiger partial charge >= 0.3 is 0 Å². The molecule has 6 aromatic carbocycles. The van der Waals surface area contributed by atoms with E-state index in [0.29, 0.717) is 0 Å². The van der Waals surface area contributed by atoms with Gasteiger partial charge in [0.05, 0.1) is 57.9 Å². The molecule has 8 aromatic rings. The predicted octanol–water partition coefficient (Wildman–Crippen LogP) is 10.2. The summed E-state index contributed by atoms with van der Waals surface area (Å²) in [4.78, 5) is 0. The summed E-state index contributed by atoms with van der Waals surface area (Å²) in [5.41, 5.74) is -4.25. The highest BCUT2D eigenvalue weighted by Crippen LogP contribution is 2.39. The highest BCUT2D eigenvalue weighted by atomic mass is 15.0. The number of para-hydroxylation sites is 3.